The predicted octanol–water partition coefficient (Wildman–Crippen LogP) is 1.89. The van der Waals surface area contributed by atoms with Crippen LogP contribution in [0.4, 0.5) is 13.2 Å². The third-order valence-electron chi connectivity index (χ3n) is 3.07. The molecule has 0 radical (unpaired) electrons. The van der Waals surface area contributed by atoms with E-state index in [9.17, 15) is 18.0 Å². The van der Waals surface area contributed by atoms with E-state index in [4.69, 9.17) is 5.73 Å². The molecule has 1 amide bonds. The number of rotatable bonds is 9. The fraction of sp³-hybridized carbons (Fsp3) is 0.923. The Kier molecular flexibility index (Phi) is 7.51. The fourth-order valence-electron chi connectivity index (χ4n) is 2.15. The van der Waals surface area contributed by atoms with Crippen LogP contribution < -0.4 is 11.1 Å². The lowest BCUT2D eigenvalue weighted by atomic mass is 9.93. The smallest absolute Gasteiger partial charge is 0.368 e. The van der Waals surface area contributed by atoms with Gasteiger partial charge < -0.3 is 11.1 Å². The van der Waals surface area contributed by atoms with Gasteiger partial charge in [0.15, 0.2) is 0 Å². The Labute approximate surface area is 118 Å². The van der Waals surface area contributed by atoms with Crippen LogP contribution in [-0.4, -0.2) is 48.7 Å². The van der Waals surface area contributed by atoms with E-state index in [1.54, 1.807) is 6.92 Å². The minimum Gasteiger partial charge on any atom is -0.368 e. The van der Waals surface area contributed by atoms with Gasteiger partial charge in [0.25, 0.3) is 0 Å². The second kappa shape index (κ2) is 7.83. The zero-order chi connectivity index (χ0) is 16.0. The van der Waals surface area contributed by atoms with Crippen molar-refractivity contribution < 1.29 is 18.0 Å². The predicted molar refractivity (Wildman–Crippen MR) is 73.3 cm³/mol. The molecule has 20 heavy (non-hydrogen) atoms. The molecule has 1 unspecified atom stereocenters. The van der Waals surface area contributed by atoms with Crippen LogP contribution in [0.25, 0.3) is 0 Å². The molecule has 0 aliphatic rings. The number of nitrogens with one attached hydrogen (secondary N) is 1. The number of carbonyl (C=O) groups is 1. The first-order valence-electron chi connectivity index (χ1n) is 6.79. The maximum absolute atomic E-state index is 12.1. The number of nitrogens with two attached hydrogens (primary N) is 1. The van der Waals surface area contributed by atoms with Crippen molar-refractivity contribution in [3.05, 3.63) is 0 Å². The summed E-state index contributed by atoms with van der Waals surface area (Å²) < 4.78 is 36.4. The van der Waals surface area contributed by atoms with Gasteiger partial charge in [-0.05, 0) is 53.6 Å². The van der Waals surface area contributed by atoms with Crippen molar-refractivity contribution in [1.82, 2.24) is 10.2 Å². The SMILES string of the molecule is CC(C)NC(C)(CCCCN(C)CC(F)(F)F)C(N)=O. The molecule has 0 aromatic carbocycles. The van der Waals surface area contributed by atoms with Crippen molar-refractivity contribution >= 4 is 5.91 Å². The zero-order valence-electron chi connectivity index (χ0n) is 12.7. The van der Waals surface area contributed by atoms with Crippen LogP contribution in [0.15, 0.2) is 0 Å². The summed E-state index contributed by atoms with van der Waals surface area (Å²) in [5.74, 6) is -0.435. The number of hydrogen-bond acceptors (Lipinski definition) is 3. The van der Waals surface area contributed by atoms with Crippen molar-refractivity contribution in [2.75, 3.05) is 20.1 Å². The number of primary amides is 1. The number of unbranched alkanes of at least 4 members (excludes halogenated alkanes) is 1. The summed E-state index contributed by atoms with van der Waals surface area (Å²) in [7, 11) is 1.44. The lowest BCUT2D eigenvalue weighted by molar-refractivity contribution is -0.143. The normalized spacial score (nSPS) is 15.7. The van der Waals surface area contributed by atoms with Gasteiger partial charge in [-0.25, -0.2) is 0 Å². The second-order valence-electron chi connectivity index (χ2n) is 5.81. The Hall–Kier alpha value is -0.820. The van der Waals surface area contributed by atoms with E-state index >= 15 is 0 Å². The molecule has 3 N–H and O–H groups in total. The van der Waals surface area contributed by atoms with Crippen LogP contribution in [0.5, 0.6) is 0 Å². The number of nitrogens with zero attached hydrogens (tertiary/aromatic N) is 1. The summed E-state index contributed by atoms with van der Waals surface area (Å²) >= 11 is 0. The Morgan fingerprint density at radius 2 is 1.85 bits per heavy atom. The van der Waals surface area contributed by atoms with Crippen molar-refractivity contribution in [3.8, 4) is 0 Å². The molecule has 0 fully saturated rings. The van der Waals surface area contributed by atoms with Gasteiger partial charge in [0, 0.05) is 6.04 Å². The molecule has 0 bridgehead atoms. The number of carbonyl (C=O) groups excluding carboxylic acids is 1. The maximum Gasteiger partial charge on any atom is 0.401 e. The van der Waals surface area contributed by atoms with Gasteiger partial charge in [0.1, 0.15) is 0 Å². The van der Waals surface area contributed by atoms with E-state index < -0.39 is 24.2 Å². The van der Waals surface area contributed by atoms with Crippen LogP contribution in [0.1, 0.15) is 40.0 Å². The average Bonchev–Trinajstić information content (AvgIpc) is 2.20. The van der Waals surface area contributed by atoms with E-state index in [0.29, 0.717) is 25.8 Å². The van der Waals surface area contributed by atoms with Crippen molar-refractivity contribution in [3.63, 3.8) is 0 Å². The molecule has 7 heteroatoms. The number of hydrogen-bond donors (Lipinski definition) is 2. The molecule has 1 atom stereocenters. The monoisotopic (exact) mass is 297 g/mol. The van der Waals surface area contributed by atoms with Gasteiger partial charge in [-0.15, -0.1) is 0 Å². The van der Waals surface area contributed by atoms with E-state index in [1.807, 2.05) is 13.8 Å². The molecule has 0 spiro atoms. The van der Waals surface area contributed by atoms with Gasteiger partial charge in [-0.1, -0.05) is 0 Å². The average molecular weight is 297 g/mol. The number of alkyl halides is 3. The van der Waals surface area contributed by atoms with E-state index in [0.717, 1.165) is 0 Å². The lowest BCUT2D eigenvalue weighted by Gasteiger charge is -2.30. The van der Waals surface area contributed by atoms with Crippen LogP contribution in [-0.2, 0) is 4.79 Å². The van der Waals surface area contributed by atoms with Gasteiger partial charge in [-0.3, -0.25) is 9.69 Å². The third-order valence-corrected chi connectivity index (χ3v) is 3.07. The van der Waals surface area contributed by atoms with Crippen LogP contribution in [0.3, 0.4) is 0 Å². The standard InChI is InChI=1S/C13H26F3N3O/c1-10(2)18-12(3,11(17)20)7-5-6-8-19(4)9-13(14,15)16/h10,18H,5-9H2,1-4H3,(H2,17,20). The highest BCUT2D eigenvalue weighted by Gasteiger charge is 2.31. The molecule has 0 aliphatic heterocycles. The largest absolute Gasteiger partial charge is 0.401 e. The van der Waals surface area contributed by atoms with Crippen LogP contribution in [0.2, 0.25) is 0 Å². The summed E-state index contributed by atoms with van der Waals surface area (Å²) in [6, 6.07) is 0.111. The summed E-state index contributed by atoms with van der Waals surface area (Å²) in [5.41, 5.74) is 4.58. The lowest BCUT2D eigenvalue weighted by Crippen LogP contribution is -2.55. The molecule has 120 valence electrons. The van der Waals surface area contributed by atoms with E-state index in [-0.39, 0.29) is 6.04 Å². The van der Waals surface area contributed by atoms with Crippen molar-refractivity contribution in [1.29, 1.82) is 0 Å². The van der Waals surface area contributed by atoms with Crippen LogP contribution >= 0.6 is 0 Å². The maximum atomic E-state index is 12.1. The summed E-state index contributed by atoms with van der Waals surface area (Å²) in [6.45, 7) is 4.99. The molecule has 0 aromatic heterocycles. The topological polar surface area (TPSA) is 58.4 Å². The molecular weight excluding hydrogens is 271 g/mol. The first-order valence-corrected chi connectivity index (χ1v) is 6.79. The highest BCUT2D eigenvalue weighted by atomic mass is 19.4. The molecule has 0 saturated carbocycles. The molecule has 0 aromatic rings. The highest BCUT2D eigenvalue weighted by Crippen LogP contribution is 2.17. The van der Waals surface area contributed by atoms with Gasteiger partial charge >= 0.3 is 6.18 Å². The van der Waals surface area contributed by atoms with Gasteiger partial charge in [-0.2, -0.15) is 13.2 Å². The van der Waals surface area contributed by atoms with E-state index in [2.05, 4.69) is 5.32 Å². The van der Waals surface area contributed by atoms with Crippen LogP contribution in [0, 0.1) is 0 Å². The summed E-state index contributed by atoms with van der Waals surface area (Å²) in [6.07, 6.45) is -2.42. The Morgan fingerprint density at radius 3 is 2.25 bits per heavy atom. The van der Waals surface area contributed by atoms with Crippen molar-refractivity contribution in [2.45, 2.75) is 57.8 Å². The summed E-state index contributed by atoms with van der Waals surface area (Å²) in [4.78, 5) is 12.7. The molecular formula is C13H26F3N3O. The third kappa shape index (κ3) is 8.37. The molecule has 0 rings (SSSR count). The zero-order valence-corrected chi connectivity index (χ0v) is 12.7. The Morgan fingerprint density at radius 1 is 1.30 bits per heavy atom. The Bertz CT molecular complexity index is 308. The Balaban J connectivity index is 4.11. The fourth-order valence-corrected chi connectivity index (χ4v) is 2.15. The highest BCUT2D eigenvalue weighted by molar-refractivity contribution is 5.84. The van der Waals surface area contributed by atoms with E-state index in [1.165, 1.54) is 11.9 Å². The minimum atomic E-state index is -4.17. The second-order valence-corrected chi connectivity index (χ2v) is 5.81. The first kappa shape index (κ1) is 19.2. The molecule has 0 aliphatic carbocycles. The first-order chi connectivity index (χ1) is 8.96. The number of amides is 1. The van der Waals surface area contributed by atoms with Gasteiger partial charge in [0.05, 0.1) is 12.1 Å². The molecule has 0 heterocycles. The van der Waals surface area contributed by atoms with Gasteiger partial charge in [0.2, 0.25) is 5.91 Å². The molecule has 4 nitrogen and oxygen atoms in total. The molecule has 0 saturated heterocycles. The quantitative estimate of drug-likeness (QED) is 0.639. The summed E-state index contributed by atoms with van der Waals surface area (Å²) in [5, 5.41) is 3.11. The van der Waals surface area contributed by atoms with Crippen molar-refractivity contribution in [2.24, 2.45) is 5.73 Å². The number of halogens is 3. The minimum absolute atomic E-state index is 0.111.